The summed E-state index contributed by atoms with van der Waals surface area (Å²) in [6.07, 6.45) is 0. The van der Waals surface area contributed by atoms with Gasteiger partial charge in [-0.05, 0) is 25.8 Å². The second-order valence-corrected chi connectivity index (χ2v) is 5.49. The van der Waals surface area contributed by atoms with Crippen molar-refractivity contribution in [1.82, 2.24) is 10.6 Å². The lowest BCUT2D eigenvalue weighted by atomic mass is 10.1. The molecular weight excluding hydrogens is 252 g/mol. The van der Waals surface area contributed by atoms with Crippen LogP contribution < -0.4 is 15.4 Å². The third kappa shape index (κ3) is 4.85. The average molecular weight is 278 g/mol. The first-order chi connectivity index (χ1) is 9.45. The van der Waals surface area contributed by atoms with Crippen LogP contribution in [0.2, 0.25) is 0 Å². The van der Waals surface area contributed by atoms with E-state index in [1.165, 1.54) is 0 Å². The molecule has 0 spiro atoms. The Kier molecular flexibility index (Phi) is 6.52. The Labute approximate surface area is 121 Å². The topological polar surface area (TPSA) is 50.4 Å². The molecule has 0 heterocycles. The van der Waals surface area contributed by atoms with Crippen molar-refractivity contribution in [3.05, 3.63) is 29.8 Å². The van der Waals surface area contributed by atoms with Crippen molar-refractivity contribution in [2.75, 3.05) is 13.7 Å². The lowest BCUT2D eigenvalue weighted by molar-refractivity contribution is -0.123. The summed E-state index contributed by atoms with van der Waals surface area (Å²) in [4.78, 5) is 12.0. The van der Waals surface area contributed by atoms with Gasteiger partial charge in [0.2, 0.25) is 5.91 Å². The largest absolute Gasteiger partial charge is 0.496 e. The van der Waals surface area contributed by atoms with E-state index in [1.54, 1.807) is 7.11 Å². The van der Waals surface area contributed by atoms with Gasteiger partial charge in [0.05, 0.1) is 13.2 Å². The van der Waals surface area contributed by atoms with E-state index in [1.807, 2.05) is 38.1 Å². The highest BCUT2D eigenvalue weighted by atomic mass is 16.5. The fraction of sp³-hybridized carbons (Fsp3) is 0.562. The Bertz CT molecular complexity index is 432. The van der Waals surface area contributed by atoms with Gasteiger partial charge in [-0.2, -0.15) is 0 Å². The molecule has 2 N–H and O–H groups in total. The molecule has 0 bridgehead atoms. The number of ether oxygens (including phenoxy) is 1. The average Bonchev–Trinajstić information content (AvgIpc) is 2.44. The van der Waals surface area contributed by atoms with Crippen molar-refractivity contribution >= 4 is 5.91 Å². The fourth-order valence-corrected chi connectivity index (χ4v) is 2.02. The lowest BCUT2D eigenvalue weighted by Crippen LogP contribution is -2.44. The molecule has 1 amide bonds. The van der Waals surface area contributed by atoms with E-state index in [9.17, 15) is 4.79 Å². The van der Waals surface area contributed by atoms with Crippen LogP contribution in [0.25, 0.3) is 0 Å². The highest BCUT2D eigenvalue weighted by Crippen LogP contribution is 2.24. The van der Waals surface area contributed by atoms with Gasteiger partial charge in [0.15, 0.2) is 0 Å². The molecule has 0 aliphatic heterocycles. The second kappa shape index (κ2) is 7.90. The third-order valence-corrected chi connectivity index (χ3v) is 3.18. The van der Waals surface area contributed by atoms with E-state index in [2.05, 4.69) is 24.5 Å². The maximum Gasteiger partial charge on any atom is 0.236 e. The molecule has 20 heavy (non-hydrogen) atoms. The van der Waals surface area contributed by atoms with Crippen molar-refractivity contribution < 1.29 is 9.53 Å². The predicted molar refractivity (Wildman–Crippen MR) is 81.9 cm³/mol. The first-order valence-electron chi connectivity index (χ1n) is 7.12. The van der Waals surface area contributed by atoms with Gasteiger partial charge in [0.25, 0.3) is 0 Å². The summed E-state index contributed by atoms with van der Waals surface area (Å²) in [6.45, 7) is 8.77. The van der Waals surface area contributed by atoms with E-state index < -0.39 is 0 Å². The first-order valence-corrected chi connectivity index (χ1v) is 7.12. The van der Waals surface area contributed by atoms with Crippen LogP contribution in [0.15, 0.2) is 24.3 Å². The number of rotatable bonds is 7. The highest BCUT2D eigenvalue weighted by molar-refractivity contribution is 5.81. The molecule has 4 nitrogen and oxygen atoms in total. The molecule has 112 valence electrons. The van der Waals surface area contributed by atoms with Crippen LogP contribution in [0, 0.1) is 5.92 Å². The van der Waals surface area contributed by atoms with Crippen LogP contribution in [0.1, 0.15) is 39.3 Å². The zero-order chi connectivity index (χ0) is 15.1. The van der Waals surface area contributed by atoms with Crippen molar-refractivity contribution in [2.45, 2.75) is 39.8 Å². The zero-order valence-corrected chi connectivity index (χ0v) is 13.1. The number of para-hydroxylation sites is 1. The fourth-order valence-electron chi connectivity index (χ4n) is 2.02. The summed E-state index contributed by atoms with van der Waals surface area (Å²) < 4.78 is 5.35. The number of benzene rings is 1. The molecule has 1 aromatic carbocycles. The van der Waals surface area contributed by atoms with Crippen LogP contribution in [-0.2, 0) is 4.79 Å². The SMILES string of the molecule is COc1ccccc1[C@@H](C)NC(C)C(=O)NCC(C)C. The standard InChI is InChI=1S/C16H26N2O2/c1-11(2)10-17-16(19)13(4)18-12(3)14-8-6-7-9-15(14)20-5/h6-9,11-13,18H,10H2,1-5H3,(H,17,19)/t12-,13?/m1/s1. The monoisotopic (exact) mass is 278 g/mol. The van der Waals surface area contributed by atoms with Crippen LogP contribution in [0.5, 0.6) is 5.75 Å². The molecule has 1 aromatic rings. The second-order valence-electron chi connectivity index (χ2n) is 5.49. The van der Waals surface area contributed by atoms with Crippen LogP contribution in [0.3, 0.4) is 0 Å². The summed E-state index contributed by atoms with van der Waals surface area (Å²) in [5.41, 5.74) is 1.05. The minimum absolute atomic E-state index is 0.0282. The van der Waals surface area contributed by atoms with Gasteiger partial charge in [-0.3, -0.25) is 10.1 Å². The Morgan fingerprint density at radius 1 is 1.20 bits per heavy atom. The molecule has 0 aliphatic rings. The van der Waals surface area contributed by atoms with Crippen LogP contribution in [-0.4, -0.2) is 25.6 Å². The Morgan fingerprint density at radius 2 is 1.85 bits per heavy atom. The van der Waals surface area contributed by atoms with Crippen molar-refractivity contribution in [3.8, 4) is 5.75 Å². The van der Waals surface area contributed by atoms with Crippen molar-refractivity contribution in [3.63, 3.8) is 0 Å². The maximum absolute atomic E-state index is 12.0. The number of nitrogens with one attached hydrogen (secondary N) is 2. The van der Waals surface area contributed by atoms with E-state index in [-0.39, 0.29) is 18.0 Å². The van der Waals surface area contributed by atoms with E-state index in [0.717, 1.165) is 11.3 Å². The molecule has 2 atom stereocenters. The summed E-state index contributed by atoms with van der Waals surface area (Å²) in [7, 11) is 1.66. The number of hydrogen-bond acceptors (Lipinski definition) is 3. The van der Waals surface area contributed by atoms with Gasteiger partial charge in [0.1, 0.15) is 5.75 Å². The molecular formula is C16H26N2O2. The number of carbonyl (C=O) groups is 1. The number of methoxy groups -OCH3 is 1. The molecule has 0 fully saturated rings. The number of carbonyl (C=O) groups excluding carboxylic acids is 1. The van der Waals surface area contributed by atoms with Gasteiger partial charge < -0.3 is 10.1 Å². The minimum atomic E-state index is -0.242. The van der Waals surface area contributed by atoms with E-state index in [4.69, 9.17) is 4.74 Å². The molecule has 0 aliphatic carbocycles. The smallest absolute Gasteiger partial charge is 0.236 e. The number of hydrogen-bond donors (Lipinski definition) is 2. The number of amides is 1. The van der Waals surface area contributed by atoms with E-state index >= 15 is 0 Å². The van der Waals surface area contributed by atoms with Crippen molar-refractivity contribution in [2.24, 2.45) is 5.92 Å². The highest BCUT2D eigenvalue weighted by Gasteiger charge is 2.18. The van der Waals surface area contributed by atoms with Gasteiger partial charge in [-0.1, -0.05) is 32.0 Å². The van der Waals surface area contributed by atoms with E-state index in [0.29, 0.717) is 12.5 Å². The quantitative estimate of drug-likeness (QED) is 0.805. The molecule has 0 radical (unpaired) electrons. The normalized spacial score (nSPS) is 13.9. The third-order valence-electron chi connectivity index (χ3n) is 3.18. The molecule has 0 saturated carbocycles. The first kappa shape index (κ1) is 16.5. The molecule has 0 aromatic heterocycles. The summed E-state index contributed by atoms with van der Waals surface area (Å²) >= 11 is 0. The summed E-state index contributed by atoms with van der Waals surface area (Å²) in [5, 5.41) is 6.24. The van der Waals surface area contributed by atoms with Crippen LogP contribution in [0.4, 0.5) is 0 Å². The Hall–Kier alpha value is -1.55. The Morgan fingerprint density at radius 3 is 2.45 bits per heavy atom. The molecule has 1 unspecified atom stereocenters. The minimum Gasteiger partial charge on any atom is -0.496 e. The van der Waals surface area contributed by atoms with Gasteiger partial charge in [0, 0.05) is 18.2 Å². The molecule has 1 rings (SSSR count). The van der Waals surface area contributed by atoms with Gasteiger partial charge in [-0.25, -0.2) is 0 Å². The molecule has 4 heteroatoms. The van der Waals surface area contributed by atoms with Crippen LogP contribution >= 0.6 is 0 Å². The van der Waals surface area contributed by atoms with Gasteiger partial charge in [-0.15, -0.1) is 0 Å². The van der Waals surface area contributed by atoms with Crippen molar-refractivity contribution in [1.29, 1.82) is 0 Å². The zero-order valence-electron chi connectivity index (χ0n) is 13.1. The predicted octanol–water partition coefficient (Wildman–Crippen LogP) is 2.51. The maximum atomic E-state index is 12.0. The lowest BCUT2D eigenvalue weighted by Gasteiger charge is -2.22. The van der Waals surface area contributed by atoms with Gasteiger partial charge >= 0.3 is 0 Å². The molecule has 0 saturated heterocycles. The summed E-state index contributed by atoms with van der Waals surface area (Å²) in [5.74, 6) is 1.32. The Balaban J connectivity index is 2.60. The summed E-state index contributed by atoms with van der Waals surface area (Å²) in [6, 6.07) is 7.65.